The molecule has 1 aliphatic heterocycles. The normalized spacial score (nSPS) is 25.6. The molecule has 0 saturated carbocycles. The number of nitrogens with one attached hydrogen (secondary N) is 2. The summed E-state index contributed by atoms with van der Waals surface area (Å²) in [6.07, 6.45) is 6.60. The van der Waals surface area contributed by atoms with Gasteiger partial charge in [0, 0.05) is 37.6 Å². The molecule has 2 N–H and O–H groups in total. The van der Waals surface area contributed by atoms with Crippen molar-refractivity contribution in [2.24, 2.45) is 5.92 Å². The quantitative estimate of drug-likeness (QED) is 0.829. The van der Waals surface area contributed by atoms with Crippen LogP contribution in [0.5, 0.6) is 0 Å². The first-order chi connectivity index (χ1) is 9.00. The lowest BCUT2D eigenvalue weighted by Gasteiger charge is -2.37. The van der Waals surface area contributed by atoms with Crippen LogP contribution in [-0.4, -0.2) is 48.1 Å². The Labute approximate surface area is 114 Å². The first-order valence-corrected chi connectivity index (χ1v) is 8.51. The molecule has 0 radical (unpaired) electrons. The lowest BCUT2D eigenvalue weighted by atomic mass is 9.91. The summed E-state index contributed by atoms with van der Waals surface area (Å²) in [6.45, 7) is 4.09. The van der Waals surface area contributed by atoms with Gasteiger partial charge in [0.1, 0.15) is 0 Å². The Kier molecular flexibility index (Phi) is 4.59. The van der Waals surface area contributed by atoms with E-state index in [1.165, 1.54) is 6.26 Å². The number of rotatable bonds is 5. The van der Waals surface area contributed by atoms with E-state index in [-0.39, 0.29) is 0 Å². The van der Waals surface area contributed by atoms with E-state index in [0.717, 1.165) is 25.1 Å². The summed E-state index contributed by atoms with van der Waals surface area (Å²) in [4.78, 5) is 7.05. The van der Waals surface area contributed by atoms with E-state index in [9.17, 15) is 8.42 Å². The minimum Gasteiger partial charge on any atom is -0.347 e. The molecule has 1 saturated heterocycles. The molecule has 0 aromatic carbocycles. The number of H-pyrrole nitrogens is 1. The van der Waals surface area contributed by atoms with Crippen LogP contribution >= 0.6 is 0 Å². The van der Waals surface area contributed by atoms with Gasteiger partial charge in [0.05, 0.1) is 12.6 Å². The fraction of sp³-hybridized carbons (Fsp3) is 0.750. The molecule has 0 unspecified atom stereocenters. The van der Waals surface area contributed by atoms with Crippen molar-refractivity contribution in [3.05, 3.63) is 18.2 Å². The van der Waals surface area contributed by atoms with Crippen LogP contribution in [0, 0.1) is 5.92 Å². The molecule has 2 rings (SSSR count). The van der Waals surface area contributed by atoms with Gasteiger partial charge in [-0.1, -0.05) is 13.3 Å². The van der Waals surface area contributed by atoms with E-state index in [2.05, 4.69) is 22.2 Å². The minimum atomic E-state index is -3.06. The zero-order valence-electron chi connectivity index (χ0n) is 11.5. The highest BCUT2D eigenvalue weighted by molar-refractivity contribution is 7.88. The Balaban J connectivity index is 1.92. The van der Waals surface area contributed by atoms with Gasteiger partial charge in [-0.15, -0.1) is 0 Å². The van der Waals surface area contributed by atoms with Crippen LogP contribution in [-0.2, 0) is 16.6 Å². The topological polar surface area (TPSA) is 78.1 Å². The molecule has 19 heavy (non-hydrogen) atoms. The van der Waals surface area contributed by atoms with Crippen LogP contribution in [0.15, 0.2) is 12.5 Å². The third-order valence-electron chi connectivity index (χ3n) is 3.80. The van der Waals surface area contributed by atoms with Crippen molar-refractivity contribution in [1.29, 1.82) is 0 Å². The first-order valence-electron chi connectivity index (χ1n) is 6.66. The van der Waals surface area contributed by atoms with Crippen molar-refractivity contribution in [1.82, 2.24) is 19.6 Å². The van der Waals surface area contributed by atoms with E-state index < -0.39 is 10.0 Å². The monoisotopic (exact) mass is 286 g/mol. The van der Waals surface area contributed by atoms with Crippen molar-refractivity contribution in [2.75, 3.05) is 19.3 Å². The number of sulfonamides is 1. The molecule has 2 heterocycles. The molecule has 7 heteroatoms. The molecule has 1 aromatic heterocycles. The number of imidazole rings is 1. The molecule has 0 bridgehead atoms. The van der Waals surface area contributed by atoms with Crippen molar-refractivity contribution < 1.29 is 8.42 Å². The zero-order chi connectivity index (χ0) is 13.9. The van der Waals surface area contributed by atoms with Crippen molar-refractivity contribution in [3.63, 3.8) is 0 Å². The van der Waals surface area contributed by atoms with Crippen molar-refractivity contribution in [3.8, 4) is 0 Å². The maximum absolute atomic E-state index is 11.6. The highest BCUT2D eigenvalue weighted by atomic mass is 32.2. The Morgan fingerprint density at radius 3 is 2.95 bits per heavy atom. The molecular formula is C12H22N4O2S. The van der Waals surface area contributed by atoms with Crippen LogP contribution < -0.4 is 5.32 Å². The average molecular weight is 286 g/mol. The van der Waals surface area contributed by atoms with E-state index in [1.807, 2.05) is 0 Å². The predicted molar refractivity (Wildman–Crippen MR) is 74.0 cm³/mol. The lowest BCUT2D eigenvalue weighted by molar-refractivity contribution is 0.201. The number of hydrogen-bond acceptors (Lipinski definition) is 4. The van der Waals surface area contributed by atoms with Gasteiger partial charge in [-0.25, -0.2) is 17.7 Å². The fourth-order valence-corrected chi connectivity index (χ4v) is 3.50. The Hall–Kier alpha value is -0.920. The first kappa shape index (κ1) is 14.5. The summed E-state index contributed by atoms with van der Waals surface area (Å²) in [6, 6.07) is 0.367. The summed E-state index contributed by atoms with van der Waals surface area (Å²) in [7, 11) is -3.06. The van der Waals surface area contributed by atoms with E-state index >= 15 is 0 Å². The van der Waals surface area contributed by atoms with Crippen molar-refractivity contribution in [2.45, 2.75) is 32.4 Å². The number of hydrogen-bond donors (Lipinski definition) is 2. The summed E-state index contributed by atoms with van der Waals surface area (Å²) in [5.41, 5.74) is 1.06. The summed E-state index contributed by atoms with van der Waals surface area (Å²) >= 11 is 0. The number of nitrogens with zero attached hydrogens (tertiary/aromatic N) is 2. The zero-order valence-corrected chi connectivity index (χ0v) is 12.3. The highest BCUT2D eigenvalue weighted by Crippen LogP contribution is 2.22. The second-order valence-electron chi connectivity index (χ2n) is 5.14. The standard InChI is InChI=1S/C12H22N4O2S/c1-3-10-8-16(19(2,17)18)5-4-12(10)14-7-11-6-13-9-15-11/h6,9-10,12,14H,3-5,7-8H2,1-2H3,(H,13,15)/t10-,12+/m1/s1. The van der Waals surface area contributed by atoms with Gasteiger partial charge in [0.2, 0.25) is 10.0 Å². The molecular weight excluding hydrogens is 264 g/mol. The molecule has 2 atom stereocenters. The molecule has 1 aromatic rings. The van der Waals surface area contributed by atoms with Crippen LogP contribution in [0.1, 0.15) is 25.5 Å². The summed E-state index contributed by atoms with van der Waals surface area (Å²) in [5, 5.41) is 3.50. The fourth-order valence-electron chi connectivity index (χ4n) is 2.60. The van der Waals surface area contributed by atoms with Gasteiger partial charge >= 0.3 is 0 Å². The van der Waals surface area contributed by atoms with Crippen LogP contribution in [0.25, 0.3) is 0 Å². The van der Waals surface area contributed by atoms with Gasteiger partial charge in [-0.2, -0.15) is 0 Å². The predicted octanol–water partition coefficient (Wildman–Crippen LogP) is 0.559. The molecule has 6 nitrogen and oxygen atoms in total. The largest absolute Gasteiger partial charge is 0.347 e. The third-order valence-corrected chi connectivity index (χ3v) is 5.07. The SMILES string of the molecule is CC[C@@H]1CN(S(C)(=O)=O)CC[C@@H]1NCc1cnc[nH]1. The van der Waals surface area contributed by atoms with Gasteiger partial charge in [0.25, 0.3) is 0 Å². The third kappa shape index (κ3) is 3.77. The maximum Gasteiger partial charge on any atom is 0.211 e. The van der Waals surface area contributed by atoms with Crippen molar-refractivity contribution >= 4 is 10.0 Å². The number of piperidine rings is 1. The Bertz CT molecular complexity index is 486. The van der Waals surface area contributed by atoms with Gasteiger partial charge in [0.15, 0.2) is 0 Å². The van der Waals surface area contributed by atoms with E-state index in [0.29, 0.717) is 25.0 Å². The molecule has 1 fully saturated rings. The smallest absolute Gasteiger partial charge is 0.211 e. The summed E-state index contributed by atoms with van der Waals surface area (Å²) < 4.78 is 24.8. The second kappa shape index (κ2) is 6.02. The lowest BCUT2D eigenvalue weighted by Crippen LogP contribution is -2.50. The number of aromatic amines is 1. The molecule has 1 aliphatic rings. The van der Waals surface area contributed by atoms with Crippen LogP contribution in [0.2, 0.25) is 0 Å². The van der Waals surface area contributed by atoms with E-state index in [4.69, 9.17) is 0 Å². The van der Waals surface area contributed by atoms with Crippen LogP contribution in [0.3, 0.4) is 0 Å². The second-order valence-corrected chi connectivity index (χ2v) is 7.12. The molecule has 0 spiro atoms. The highest BCUT2D eigenvalue weighted by Gasteiger charge is 2.31. The summed E-state index contributed by atoms with van der Waals surface area (Å²) in [5.74, 6) is 0.367. The number of aromatic nitrogens is 2. The molecule has 0 aliphatic carbocycles. The molecule has 108 valence electrons. The Morgan fingerprint density at radius 1 is 1.58 bits per heavy atom. The Morgan fingerprint density at radius 2 is 2.37 bits per heavy atom. The minimum absolute atomic E-state index is 0.367. The van der Waals surface area contributed by atoms with Gasteiger partial charge in [-0.3, -0.25) is 0 Å². The van der Waals surface area contributed by atoms with Crippen LogP contribution in [0.4, 0.5) is 0 Å². The van der Waals surface area contributed by atoms with Gasteiger partial charge in [-0.05, 0) is 12.3 Å². The van der Waals surface area contributed by atoms with Gasteiger partial charge < -0.3 is 10.3 Å². The maximum atomic E-state index is 11.6. The van der Waals surface area contributed by atoms with E-state index in [1.54, 1.807) is 16.8 Å². The molecule has 0 amide bonds. The average Bonchev–Trinajstić information content (AvgIpc) is 2.88.